The van der Waals surface area contributed by atoms with Crippen LogP contribution in [0.3, 0.4) is 0 Å². The van der Waals surface area contributed by atoms with E-state index in [1.807, 2.05) is 0 Å². The fourth-order valence-corrected chi connectivity index (χ4v) is 4.61. The zero-order chi connectivity index (χ0) is 17.2. The van der Waals surface area contributed by atoms with Crippen molar-refractivity contribution in [3.05, 3.63) is 0 Å². The summed E-state index contributed by atoms with van der Waals surface area (Å²) in [6.45, 7) is 4.81. The number of carbonyl (C=O) groups excluding carboxylic acids is 1. The van der Waals surface area contributed by atoms with Crippen molar-refractivity contribution in [1.82, 2.24) is 9.80 Å². The highest BCUT2D eigenvalue weighted by Gasteiger charge is 2.50. The van der Waals surface area contributed by atoms with Crippen molar-refractivity contribution in [2.45, 2.75) is 50.2 Å². The first kappa shape index (κ1) is 18.1. The smallest absolute Gasteiger partial charge is 0.260 e. The molecule has 0 aromatic heterocycles. The Kier molecular flexibility index (Phi) is 5.47. The van der Waals surface area contributed by atoms with Gasteiger partial charge in [-0.15, -0.1) is 0 Å². The van der Waals surface area contributed by atoms with E-state index in [9.17, 15) is 9.18 Å². The summed E-state index contributed by atoms with van der Waals surface area (Å²) in [5.41, 5.74) is -1.31. The average Bonchev–Trinajstić information content (AvgIpc) is 2.88. The second kappa shape index (κ2) is 7.26. The van der Waals surface area contributed by atoms with Crippen LogP contribution in [0.15, 0.2) is 0 Å². The third-order valence-electron chi connectivity index (χ3n) is 6.31. The lowest BCUT2D eigenvalue weighted by Crippen LogP contribution is -2.54. The molecule has 24 heavy (non-hydrogen) atoms. The molecule has 3 aliphatic rings. The number of ether oxygens (including phenoxy) is 2. The Morgan fingerprint density at radius 1 is 1.17 bits per heavy atom. The SMILES string of the molecule is COCCN1CC2(CCN(C(=O)C3(F)CCC3)CC2)C[C@@H]1COC. The van der Waals surface area contributed by atoms with Crippen LogP contribution in [0.2, 0.25) is 0 Å². The standard InChI is InChI=1S/C18H31FN2O3/c1-23-11-10-21-14-17(12-15(21)13-24-2)6-8-20(9-7-17)16(22)18(19)4-3-5-18/h15H,3-14H2,1-2H3/t15-/m1/s1. The number of alkyl halides is 1. The highest BCUT2D eigenvalue weighted by molar-refractivity contribution is 5.86. The molecule has 1 spiro atoms. The number of amides is 1. The Morgan fingerprint density at radius 2 is 1.88 bits per heavy atom. The number of carbonyl (C=O) groups is 1. The van der Waals surface area contributed by atoms with Crippen LogP contribution in [0.5, 0.6) is 0 Å². The summed E-state index contributed by atoms with van der Waals surface area (Å²) in [7, 11) is 3.48. The Bertz CT molecular complexity index is 448. The molecular formula is C18H31FN2O3. The summed E-state index contributed by atoms with van der Waals surface area (Å²) in [6, 6.07) is 0.423. The van der Waals surface area contributed by atoms with E-state index in [2.05, 4.69) is 4.90 Å². The maximum Gasteiger partial charge on any atom is 0.260 e. The summed E-state index contributed by atoms with van der Waals surface area (Å²) in [5.74, 6) is -0.258. The van der Waals surface area contributed by atoms with Crippen LogP contribution < -0.4 is 0 Å². The molecule has 0 aromatic rings. The highest BCUT2D eigenvalue weighted by atomic mass is 19.1. The monoisotopic (exact) mass is 342 g/mol. The lowest BCUT2D eigenvalue weighted by Gasteiger charge is -2.43. The van der Waals surface area contributed by atoms with Crippen molar-refractivity contribution in [1.29, 1.82) is 0 Å². The fourth-order valence-electron chi connectivity index (χ4n) is 4.61. The first-order valence-electron chi connectivity index (χ1n) is 9.22. The molecule has 138 valence electrons. The number of nitrogens with zero attached hydrogens (tertiary/aromatic N) is 2. The number of rotatable bonds is 6. The Labute approximate surface area is 144 Å². The van der Waals surface area contributed by atoms with E-state index < -0.39 is 5.67 Å². The molecule has 0 bridgehead atoms. The van der Waals surface area contributed by atoms with Gasteiger partial charge in [-0.2, -0.15) is 0 Å². The van der Waals surface area contributed by atoms with Gasteiger partial charge in [0, 0.05) is 46.4 Å². The number of hydrogen-bond donors (Lipinski definition) is 0. The van der Waals surface area contributed by atoms with Crippen LogP contribution in [0.25, 0.3) is 0 Å². The number of piperidine rings is 1. The summed E-state index contributed by atoms with van der Waals surface area (Å²) >= 11 is 0. The van der Waals surface area contributed by atoms with Crippen molar-refractivity contribution in [3.63, 3.8) is 0 Å². The minimum Gasteiger partial charge on any atom is -0.383 e. The largest absolute Gasteiger partial charge is 0.383 e. The van der Waals surface area contributed by atoms with E-state index >= 15 is 0 Å². The number of likely N-dealkylation sites (tertiary alicyclic amines) is 2. The first-order chi connectivity index (χ1) is 11.5. The van der Waals surface area contributed by atoms with Crippen LogP contribution >= 0.6 is 0 Å². The molecule has 1 aliphatic carbocycles. The van der Waals surface area contributed by atoms with Crippen LogP contribution in [0.4, 0.5) is 4.39 Å². The van der Waals surface area contributed by atoms with Gasteiger partial charge in [0.15, 0.2) is 5.67 Å². The van der Waals surface area contributed by atoms with Crippen molar-refractivity contribution in [3.8, 4) is 0 Å². The summed E-state index contributed by atoms with van der Waals surface area (Å²) < 4.78 is 25.0. The van der Waals surface area contributed by atoms with Gasteiger partial charge in [-0.1, -0.05) is 0 Å². The molecule has 0 unspecified atom stereocenters. The van der Waals surface area contributed by atoms with Gasteiger partial charge in [-0.25, -0.2) is 4.39 Å². The molecule has 2 heterocycles. The molecule has 3 fully saturated rings. The predicted molar refractivity (Wildman–Crippen MR) is 89.7 cm³/mol. The molecule has 1 atom stereocenters. The van der Waals surface area contributed by atoms with Crippen LogP contribution in [-0.4, -0.2) is 81.0 Å². The van der Waals surface area contributed by atoms with Crippen LogP contribution in [0.1, 0.15) is 38.5 Å². The van der Waals surface area contributed by atoms with Gasteiger partial charge in [0.2, 0.25) is 0 Å². The molecule has 2 aliphatic heterocycles. The molecule has 0 aromatic carbocycles. The molecule has 2 saturated heterocycles. The first-order valence-corrected chi connectivity index (χ1v) is 9.22. The summed E-state index contributed by atoms with van der Waals surface area (Å²) in [5, 5.41) is 0. The number of halogens is 1. The van der Waals surface area contributed by atoms with E-state index in [0.717, 1.165) is 52.0 Å². The van der Waals surface area contributed by atoms with Crippen LogP contribution in [0, 0.1) is 5.41 Å². The average molecular weight is 342 g/mol. The topological polar surface area (TPSA) is 42.0 Å². The quantitative estimate of drug-likeness (QED) is 0.739. The highest BCUT2D eigenvalue weighted by Crippen LogP contribution is 2.45. The van der Waals surface area contributed by atoms with Gasteiger partial charge in [-0.3, -0.25) is 9.69 Å². The molecule has 1 amide bonds. The Hall–Kier alpha value is -0.720. The van der Waals surface area contributed by atoms with Gasteiger partial charge in [-0.05, 0) is 43.9 Å². The van der Waals surface area contributed by atoms with Crippen molar-refractivity contribution >= 4 is 5.91 Å². The van der Waals surface area contributed by atoms with Gasteiger partial charge >= 0.3 is 0 Å². The normalized spacial score (nSPS) is 29.0. The van der Waals surface area contributed by atoms with Gasteiger partial charge in [0.25, 0.3) is 5.91 Å². The molecule has 1 saturated carbocycles. The number of methoxy groups -OCH3 is 2. The van der Waals surface area contributed by atoms with E-state index in [1.165, 1.54) is 0 Å². The number of hydrogen-bond acceptors (Lipinski definition) is 4. The van der Waals surface area contributed by atoms with E-state index in [1.54, 1.807) is 19.1 Å². The van der Waals surface area contributed by atoms with E-state index in [-0.39, 0.29) is 11.3 Å². The third-order valence-corrected chi connectivity index (χ3v) is 6.31. The van der Waals surface area contributed by atoms with E-state index in [0.29, 0.717) is 32.0 Å². The molecular weight excluding hydrogens is 311 g/mol. The lowest BCUT2D eigenvalue weighted by molar-refractivity contribution is -0.152. The zero-order valence-electron chi connectivity index (χ0n) is 15.1. The molecule has 3 rings (SSSR count). The Morgan fingerprint density at radius 3 is 2.42 bits per heavy atom. The van der Waals surface area contributed by atoms with Crippen LogP contribution in [-0.2, 0) is 14.3 Å². The van der Waals surface area contributed by atoms with Gasteiger partial charge in [0.1, 0.15) is 0 Å². The Balaban J connectivity index is 1.57. The maximum atomic E-state index is 14.4. The van der Waals surface area contributed by atoms with Crippen molar-refractivity contribution in [2.24, 2.45) is 5.41 Å². The second-order valence-corrected chi connectivity index (χ2v) is 7.89. The molecule has 0 N–H and O–H groups in total. The summed E-state index contributed by atoms with van der Waals surface area (Å²) in [6.07, 6.45) is 4.71. The van der Waals surface area contributed by atoms with Crippen molar-refractivity contribution in [2.75, 3.05) is 53.6 Å². The molecule has 5 nitrogen and oxygen atoms in total. The fraction of sp³-hybridized carbons (Fsp3) is 0.944. The zero-order valence-corrected chi connectivity index (χ0v) is 15.1. The minimum absolute atomic E-state index is 0.247. The predicted octanol–water partition coefficient (Wildman–Crippen LogP) is 1.85. The lowest BCUT2D eigenvalue weighted by atomic mass is 9.75. The van der Waals surface area contributed by atoms with Gasteiger partial charge < -0.3 is 14.4 Å². The van der Waals surface area contributed by atoms with E-state index in [4.69, 9.17) is 9.47 Å². The van der Waals surface area contributed by atoms with Gasteiger partial charge in [0.05, 0.1) is 13.2 Å². The maximum absolute atomic E-state index is 14.4. The summed E-state index contributed by atoms with van der Waals surface area (Å²) in [4.78, 5) is 16.6. The minimum atomic E-state index is -1.55. The van der Waals surface area contributed by atoms with Crippen molar-refractivity contribution < 1.29 is 18.7 Å². The third kappa shape index (κ3) is 3.46. The molecule has 6 heteroatoms. The molecule has 0 radical (unpaired) electrons. The second-order valence-electron chi connectivity index (χ2n) is 7.89.